The van der Waals surface area contributed by atoms with Crippen molar-refractivity contribution in [3.8, 4) is 11.4 Å². The monoisotopic (exact) mass is 345 g/mol. The molecule has 0 aromatic carbocycles. The van der Waals surface area contributed by atoms with Gasteiger partial charge in [-0.05, 0) is 31.0 Å². The highest BCUT2D eigenvalue weighted by Crippen LogP contribution is 2.26. The van der Waals surface area contributed by atoms with Crippen molar-refractivity contribution in [2.75, 3.05) is 24.5 Å². The first kappa shape index (κ1) is 15.8. The minimum Gasteiger partial charge on any atom is -0.356 e. The third-order valence-corrected chi connectivity index (χ3v) is 4.46. The van der Waals surface area contributed by atoms with Crippen LogP contribution in [0.15, 0.2) is 30.7 Å². The van der Waals surface area contributed by atoms with Crippen LogP contribution in [0.4, 0.5) is 14.6 Å². The second-order valence-corrected chi connectivity index (χ2v) is 6.07. The molecular formula is C16H17F2N7. The van der Waals surface area contributed by atoms with Gasteiger partial charge in [0.2, 0.25) is 0 Å². The summed E-state index contributed by atoms with van der Waals surface area (Å²) in [6.07, 6.45) is 1.44. The maximum atomic E-state index is 12.9. The molecule has 2 N–H and O–H groups in total. The summed E-state index contributed by atoms with van der Waals surface area (Å²) in [5.74, 6) is 1.25. The van der Waals surface area contributed by atoms with Crippen LogP contribution < -0.4 is 10.6 Å². The molecule has 0 saturated carbocycles. The van der Waals surface area contributed by atoms with Crippen molar-refractivity contribution in [1.29, 1.82) is 0 Å². The highest BCUT2D eigenvalue weighted by Gasteiger charge is 2.23. The molecule has 0 amide bonds. The van der Waals surface area contributed by atoms with Gasteiger partial charge in [0.25, 0.3) is 6.43 Å². The molecule has 0 spiro atoms. The van der Waals surface area contributed by atoms with E-state index in [0.717, 1.165) is 25.3 Å². The van der Waals surface area contributed by atoms with E-state index in [4.69, 9.17) is 5.73 Å². The van der Waals surface area contributed by atoms with Crippen molar-refractivity contribution in [3.05, 3.63) is 36.4 Å². The minimum atomic E-state index is -2.64. The minimum absolute atomic E-state index is 0.300. The van der Waals surface area contributed by atoms with Crippen LogP contribution in [-0.4, -0.2) is 44.2 Å². The van der Waals surface area contributed by atoms with E-state index in [-0.39, 0.29) is 5.69 Å². The molecule has 3 aromatic rings. The number of halogens is 2. The number of nitrogens with zero attached hydrogens (tertiary/aromatic N) is 6. The lowest BCUT2D eigenvalue weighted by atomic mass is 10.1. The smallest absolute Gasteiger partial charge is 0.282 e. The molecule has 1 fully saturated rings. The lowest BCUT2D eigenvalue weighted by molar-refractivity contribution is 0.144. The number of aromatic nitrogens is 5. The molecule has 0 bridgehead atoms. The normalized spacial score (nSPS) is 17.8. The Labute approximate surface area is 142 Å². The van der Waals surface area contributed by atoms with Crippen molar-refractivity contribution >= 4 is 11.5 Å². The summed E-state index contributed by atoms with van der Waals surface area (Å²) in [6.45, 7) is 2.40. The SMILES string of the molecule is NCC1CCN(c2cc(-c3cnc4ccc(C(F)F)nn34)ncn2)C1. The second-order valence-electron chi connectivity index (χ2n) is 6.07. The number of alkyl halides is 2. The topological polar surface area (TPSA) is 85.2 Å². The third-order valence-electron chi connectivity index (χ3n) is 4.46. The summed E-state index contributed by atoms with van der Waals surface area (Å²) < 4.78 is 27.3. The molecular weight excluding hydrogens is 328 g/mol. The van der Waals surface area contributed by atoms with Gasteiger partial charge < -0.3 is 10.6 Å². The highest BCUT2D eigenvalue weighted by molar-refractivity contribution is 5.62. The summed E-state index contributed by atoms with van der Waals surface area (Å²) in [5, 5.41) is 3.98. The molecule has 1 aliphatic heterocycles. The average Bonchev–Trinajstić information content (AvgIpc) is 3.28. The summed E-state index contributed by atoms with van der Waals surface area (Å²) in [6, 6.07) is 4.63. The number of anilines is 1. The Morgan fingerprint density at radius 2 is 2.12 bits per heavy atom. The van der Waals surface area contributed by atoms with Crippen LogP contribution in [0, 0.1) is 5.92 Å². The molecule has 3 aromatic heterocycles. The zero-order chi connectivity index (χ0) is 17.4. The van der Waals surface area contributed by atoms with Crippen molar-refractivity contribution in [1.82, 2.24) is 24.6 Å². The lowest BCUT2D eigenvalue weighted by Gasteiger charge is -2.17. The molecule has 1 saturated heterocycles. The lowest BCUT2D eigenvalue weighted by Crippen LogP contribution is -2.23. The largest absolute Gasteiger partial charge is 0.356 e. The highest BCUT2D eigenvalue weighted by atomic mass is 19.3. The first-order valence-electron chi connectivity index (χ1n) is 8.06. The van der Waals surface area contributed by atoms with Crippen molar-refractivity contribution in [2.24, 2.45) is 11.7 Å². The van der Waals surface area contributed by atoms with Crippen molar-refractivity contribution in [2.45, 2.75) is 12.8 Å². The number of imidazole rings is 1. The first-order chi connectivity index (χ1) is 12.2. The van der Waals surface area contributed by atoms with Gasteiger partial charge in [0.05, 0.1) is 11.9 Å². The van der Waals surface area contributed by atoms with Crippen LogP contribution in [0.2, 0.25) is 0 Å². The van der Waals surface area contributed by atoms with Gasteiger partial charge in [-0.15, -0.1) is 0 Å². The number of rotatable bonds is 4. The van der Waals surface area contributed by atoms with E-state index in [0.29, 0.717) is 29.5 Å². The zero-order valence-electron chi connectivity index (χ0n) is 13.4. The second kappa shape index (κ2) is 6.32. The van der Waals surface area contributed by atoms with E-state index in [1.54, 1.807) is 6.20 Å². The fraction of sp³-hybridized carbons (Fsp3) is 0.375. The maximum Gasteiger partial charge on any atom is 0.282 e. The van der Waals surface area contributed by atoms with E-state index in [1.165, 1.54) is 23.0 Å². The molecule has 1 unspecified atom stereocenters. The zero-order valence-corrected chi connectivity index (χ0v) is 13.4. The molecule has 1 aliphatic rings. The van der Waals surface area contributed by atoms with Gasteiger partial charge in [-0.1, -0.05) is 0 Å². The van der Waals surface area contributed by atoms with Crippen LogP contribution >= 0.6 is 0 Å². The molecule has 4 rings (SSSR count). The Morgan fingerprint density at radius 3 is 2.88 bits per heavy atom. The summed E-state index contributed by atoms with van der Waals surface area (Å²) in [5.41, 5.74) is 7.07. The Bertz CT molecular complexity index is 895. The summed E-state index contributed by atoms with van der Waals surface area (Å²) >= 11 is 0. The predicted octanol–water partition coefficient (Wildman–Crippen LogP) is 1.91. The van der Waals surface area contributed by atoms with Crippen molar-refractivity contribution < 1.29 is 8.78 Å². The maximum absolute atomic E-state index is 12.9. The van der Waals surface area contributed by atoms with Crippen LogP contribution in [0.25, 0.3) is 17.0 Å². The fourth-order valence-corrected chi connectivity index (χ4v) is 3.07. The van der Waals surface area contributed by atoms with Gasteiger partial charge in [0, 0.05) is 19.2 Å². The molecule has 4 heterocycles. The molecule has 0 aliphatic carbocycles. The van der Waals surface area contributed by atoms with Gasteiger partial charge >= 0.3 is 0 Å². The Morgan fingerprint density at radius 1 is 1.24 bits per heavy atom. The van der Waals surface area contributed by atoms with E-state index in [2.05, 4.69) is 25.0 Å². The molecule has 0 radical (unpaired) electrons. The van der Waals surface area contributed by atoms with Crippen molar-refractivity contribution in [3.63, 3.8) is 0 Å². The Hall–Kier alpha value is -2.68. The summed E-state index contributed by atoms with van der Waals surface area (Å²) in [4.78, 5) is 15.0. The molecule has 9 heteroatoms. The van der Waals surface area contributed by atoms with E-state index >= 15 is 0 Å². The number of nitrogens with two attached hydrogens (primary N) is 1. The molecule has 1 atom stereocenters. The van der Waals surface area contributed by atoms with E-state index in [1.807, 2.05) is 6.07 Å². The number of fused-ring (bicyclic) bond motifs is 1. The third kappa shape index (κ3) is 2.91. The molecule has 7 nitrogen and oxygen atoms in total. The molecule has 25 heavy (non-hydrogen) atoms. The number of hydrogen-bond donors (Lipinski definition) is 1. The van der Waals surface area contributed by atoms with Crippen LogP contribution in [-0.2, 0) is 0 Å². The van der Waals surface area contributed by atoms with E-state index < -0.39 is 6.43 Å². The van der Waals surface area contributed by atoms with Gasteiger partial charge in [0.15, 0.2) is 5.65 Å². The van der Waals surface area contributed by atoms with Gasteiger partial charge in [-0.2, -0.15) is 5.10 Å². The Balaban J connectivity index is 1.71. The Kier molecular flexibility index (Phi) is 4.00. The van der Waals surface area contributed by atoms with Gasteiger partial charge in [-0.25, -0.2) is 28.2 Å². The van der Waals surface area contributed by atoms with Gasteiger partial charge in [-0.3, -0.25) is 0 Å². The van der Waals surface area contributed by atoms with Crippen LogP contribution in [0.5, 0.6) is 0 Å². The number of hydrogen-bond acceptors (Lipinski definition) is 6. The standard InChI is InChI=1S/C16H17F2N7/c17-16(18)11-1-2-14-20-7-13(25(14)23-11)12-5-15(22-9-21-12)24-4-3-10(6-19)8-24/h1-2,5,7,9-10,16H,3-4,6,8,19H2. The quantitative estimate of drug-likeness (QED) is 0.777. The van der Waals surface area contributed by atoms with Gasteiger partial charge in [0.1, 0.15) is 23.5 Å². The average molecular weight is 345 g/mol. The molecule has 130 valence electrons. The van der Waals surface area contributed by atoms with Crippen LogP contribution in [0.1, 0.15) is 18.5 Å². The van der Waals surface area contributed by atoms with Crippen LogP contribution in [0.3, 0.4) is 0 Å². The fourth-order valence-electron chi connectivity index (χ4n) is 3.07. The summed E-state index contributed by atoms with van der Waals surface area (Å²) in [7, 11) is 0. The first-order valence-corrected chi connectivity index (χ1v) is 8.06. The van der Waals surface area contributed by atoms with E-state index in [9.17, 15) is 8.78 Å². The predicted molar refractivity (Wildman–Crippen MR) is 88.3 cm³/mol.